The van der Waals surface area contributed by atoms with E-state index in [0.29, 0.717) is 25.2 Å². The quantitative estimate of drug-likeness (QED) is 0.0957. The van der Waals surface area contributed by atoms with Gasteiger partial charge in [-0.2, -0.15) is 0 Å². The molecule has 0 bridgehead atoms. The predicted octanol–water partition coefficient (Wildman–Crippen LogP) is 8.74. The van der Waals surface area contributed by atoms with Crippen LogP contribution in [0.1, 0.15) is 135 Å². The Morgan fingerprint density at radius 1 is 0.618 bits per heavy atom. The number of esters is 2. The lowest BCUT2D eigenvalue weighted by molar-refractivity contribution is -0.144. The zero-order valence-corrected chi connectivity index (χ0v) is 22.1. The fraction of sp³-hybridized carbons (Fsp3) is 0.733. The van der Waals surface area contributed by atoms with Crippen LogP contribution in [-0.4, -0.2) is 18.5 Å². The molecule has 4 nitrogen and oxygen atoms in total. The number of hydrogen-bond acceptors (Lipinski definition) is 4. The minimum absolute atomic E-state index is 0.0503. The summed E-state index contributed by atoms with van der Waals surface area (Å²) in [4.78, 5) is 23.9. The summed E-state index contributed by atoms with van der Waals surface area (Å²) in [6.45, 7) is 4.95. The summed E-state index contributed by atoms with van der Waals surface area (Å²) in [5.41, 5.74) is 1.10. The smallest absolute Gasteiger partial charge is 0.311 e. The Balaban J connectivity index is 1.90. The van der Waals surface area contributed by atoms with E-state index >= 15 is 0 Å². The lowest BCUT2D eigenvalue weighted by atomic mass is 10.1. The molecule has 1 rings (SSSR count). The van der Waals surface area contributed by atoms with Gasteiger partial charge in [0, 0.05) is 12.8 Å². The van der Waals surface area contributed by atoms with E-state index < -0.39 is 0 Å². The first-order valence-corrected chi connectivity index (χ1v) is 14.1. The van der Waals surface area contributed by atoms with Crippen molar-refractivity contribution in [1.82, 2.24) is 0 Å². The SMILES string of the molecule is CCCCCCCCCCCOC(=O)CCCCCCCCC(=O)Oc1ccccc1CCC. The summed E-state index contributed by atoms with van der Waals surface area (Å²) < 4.78 is 10.9. The topological polar surface area (TPSA) is 52.6 Å². The number of rotatable bonds is 22. The monoisotopic (exact) mass is 474 g/mol. The van der Waals surface area contributed by atoms with Crippen molar-refractivity contribution in [2.45, 2.75) is 136 Å². The van der Waals surface area contributed by atoms with Crippen molar-refractivity contribution < 1.29 is 19.1 Å². The van der Waals surface area contributed by atoms with Crippen LogP contribution < -0.4 is 4.74 Å². The number of unbranched alkanes of at least 4 members (excludes halogenated alkanes) is 13. The van der Waals surface area contributed by atoms with Crippen LogP contribution in [0, 0.1) is 0 Å². The van der Waals surface area contributed by atoms with Crippen LogP contribution in [0.25, 0.3) is 0 Å². The van der Waals surface area contributed by atoms with E-state index in [0.717, 1.165) is 63.4 Å². The van der Waals surface area contributed by atoms with Gasteiger partial charge < -0.3 is 9.47 Å². The first kappa shape index (κ1) is 30.2. The average molecular weight is 475 g/mol. The van der Waals surface area contributed by atoms with E-state index in [1.807, 2.05) is 24.3 Å². The van der Waals surface area contributed by atoms with Gasteiger partial charge >= 0.3 is 11.9 Å². The molecule has 0 heterocycles. The molecular formula is C30H50O4. The number of benzene rings is 1. The molecule has 34 heavy (non-hydrogen) atoms. The fourth-order valence-corrected chi connectivity index (χ4v) is 4.17. The Morgan fingerprint density at radius 3 is 1.76 bits per heavy atom. The molecular weight excluding hydrogens is 424 g/mol. The van der Waals surface area contributed by atoms with Crippen molar-refractivity contribution in [3.05, 3.63) is 29.8 Å². The van der Waals surface area contributed by atoms with Crippen LogP contribution in [0.15, 0.2) is 24.3 Å². The molecule has 4 heteroatoms. The van der Waals surface area contributed by atoms with Gasteiger partial charge in [0.05, 0.1) is 6.61 Å². The van der Waals surface area contributed by atoms with E-state index in [9.17, 15) is 9.59 Å². The molecule has 0 unspecified atom stereocenters. The van der Waals surface area contributed by atoms with Gasteiger partial charge in [-0.05, 0) is 37.3 Å². The Morgan fingerprint density at radius 2 is 1.15 bits per heavy atom. The second kappa shape index (κ2) is 21.7. The van der Waals surface area contributed by atoms with Crippen molar-refractivity contribution >= 4 is 11.9 Å². The summed E-state index contributed by atoms with van der Waals surface area (Å²) >= 11 is 0. The van der Waals surface area contributed by atoms with Gasteiger partial charge in [0.25, 0.3) is 0 Å². The van der Waals surface area contributed by atoms with Gasteiger partial charge in [-0.1, -0.05) is 116 Å². The van der Waals surface area contributed by atoms with Crippen LogP contribution >= 0.6 is 0 Å². The van der Waals surface area contributed by atoms with Gasteiger partial charge in [0.2, 0.25) is 0 Å². The molecule has 0 aliphatic heterocycles. The van der Waals surface area contributed by atoms with Crippen molar-refractivity contribution in [2.75, 3.05) is 6.61 Å². The van der Waals surface area contributed by atoms with Gasteiger partial charge in [0.15, 0.2) is 0 Å². The van der Waals surface area contributed by atoms with Crippen molar-refractivity contribution in [3.63, 3.8) is 0 Å². The molecule has 0 aliphatic carbocycles. The largest absolute Gasteiger partial charge is 0.466 e. The Hall–Kier alpha value is -1.84. The first-order valence-electron chi connectivity index (χ1n) is 14.1. The highest BCUT2D eigenvalue weighted by Gasteiger charge is 2.08. The van der Waals surface area contributed by atoms with Crippen LogP contribution in [0.2, 0.25) is 0 Å². The molecule has 0 aliphatic rings. The highest BCUT2D eigenvalue weighted by atomic mass is 16.5. The minimum atomic E-state index is -0.140. The fourth-order valence-electron chi connectivity index (χ4n) is 4.17. The van der Waals surface area contributed by atoms with E-state index in [1.54, 1.807) is 0 Å². The molecule has 0 amide bonds. The molecule has 0 spiro atoms. The third kappa shape index (κ3) is 16.7. The summed E-state index contributed by atoms with van der Waals surface area (Å²) in [6, 6.07) is 7.80. The number of carbonyl (C=O) groups is 2. The number of carbonyl (C=O) groups excluding carboxylic acids is 2. The lowest BCUT2D eigenvalue weighted by Gasteiger charge is -2.09. The van der Waals surface area contributed by atoms with Gasteiger partial charge in [0.1, 0.15) is 5.75 Å². The van der Waals surface area contributed by atoms with E-state index in [-0.39, 0.29) is 11.9 Å². The molecule has 1 aromatic rings. The lowest BCUT2D eigenvalue weighted by Crippen LogP contribution is -2.09. The van der Waals surface area contributed by atoms with Crippen LogP contribution in [0.5, 0.6) is 5.75 Å². The summed E-state index contributed by atoms with van der Waals surface area (Å²) in [5.74, 6) is 0.517. The van der Waals surface area contributed by atoms with Crippen molar-refractivity contribution in [1.29, 1.82) is 0 Å². The molecule has 0 N–H and O–H groups in total. The summed E-state index contributed by atoms with van der Waals surface area (Å²) in [7, 11) is 0. The van der Waals surface area contributed by atoms with Gasteiger partial charge in [-0.25, -0.2) is 0 Å². The second-order valence-electron chi connectivity index (χ2n) is 9.50. The summed E-state index contributed by atoms with van der Waals surface area (Å²) in [6.07, 6.45) is 20.4. The maximum atomic E-state index is 12.1. The van der Waals surface area contributed by atoms with Gasteiger partial charge in [-0.3, -0.25) is 9.59 Å². The van der Waals surface area contributed by atoms with E-state index in [2.05, 4.69) is 13.8 Å². The molecule has 0 radical (unpaired) electrons. The Kier molecular flexibility index (Phi) is 19.2. The minimum Gasteiger partial charge on any atom is -0.466 e. The predicted molar refractivity (Wildman–Crippen MR) is 141 cm³/mol. The normalized spacial score (nSPS) is 10.9. The maximum absolute atomic E-state index is 12.1. The Bertz CT molecular complexity index is 640. The standard InChI is InChI=1S/C30H50O4/c1-3-5-6-7-8-9-12-15-20-26-33-29(31)24-16-13-10-11-14-17-25-30(32)34-28-23-19-18-22-27(28)21-4-2/h18-19,22-23H,3-17,20-21,24-26H2,1-2H3. The molecule has 0 saturated heterocycles. The van der Waals surface area contributed by atoms with E-state index in [4.69, 9.17) is 9.47 Å². The van der Waals surface area contributed by atoms with Crippen molar-refractivity contribution in [2.24, 2.45) is 0 Å². The molecule has 194 valence electrons. The molecule has 0 saturated carbocycles. The number of aryl methyl sites for hydroxylation is 1. The van der Waals surface area contributed by atoms with E-state index in [1.165, 1.54) is 51.4 Å². The molecule has 0 fully saturated rings. The third-order valence-electron chi connectivity index (χ3n) is 6.24. The third-order valence-corrected chi connectivity index (χ3v) is 6.24. The highest BCUT2D eigenvalue weighted by Crippen LogP contribution is 2.20. The van der Waals surface area contributed by atoms with Crippen LogP contribution in [0.4, 0.5) is 0 Å². The number of ether oxygens (including phenoxy) is 2. The zero-order chi connectivity index (χ0) is 24.7. The first-order chi connectivity index (χ1) is 16.7. The molecule has 1 aromatic carbocycles. The Labute approximate surface area is 209 Å². The van der Waals surface area contributed by atoms with Crippen LogP contribution in [-0.2, 0) is 20.7 Å². The van der Waals surface area contributed by atoms with Crippen LogP contribution in [0.3, 0.4) is 0 Å². The zero-order valence-electron chi connectivity index (χ0n) is 22.1. The number of para-hydroxylation sites is 1. The molecule has 0 aromatic heterocycles. The number of hydrogen-bond donors (Lipinski definition) is 0. The van der Waals surface area contributed by atoms with Gasteiger partial charge in [-0.15, -0.1) is 0 Å². The second-order valence-corrected chi connectivity index (χ2v) is 9.50. The summed E-state index contributed by atoms with van der Waals surface area (Å²) in [5, 5.41) is 0. The highest BCUT2D eigenvalue weighted by molar-refractivity contribution is 5.72. The maximum Gasteiger partial charge on any atom is 0.311 e. The molecule has 0 atom stereocenters. The average Bonchev–Trinajstić information content (AvgIpc) is 2.83. The van der Waals surface area contributed by atoms with Crippen molar-refractivity contribution in [3.8, 4) is 5.75 Å².